The van der Waals surface area contributed by atoms with Gasteiger partial charge in [-0.2, -0.15) is 0 Å². The number of aromatic hydroxyl groups is 1. The van der Waals surface area contributed by atoms with Gasteiger partial charge < -0.3 is 10.0 Å². The molecule has 2 aromatic rings. The van der Waals surface area contributed by atoms with Crippen LogP contribution in [0, 0.1) is 0 Å². The van der Waals surface area contributed by atoms with E-state index >= 15 is 0 Å². The molecule has 18 heavy (non-hydrogen) atoms. The first-order valence-corrected chi connectivity index (χ1v) is 5.99. The predicted octanol–water partition coefficient (Wildman–Crippen LogP) is 3.08. The van der Waals surface area contributed by atoms with Crippen LogP contribution in [0.25, 0.3) is 11.3 Å². The van der Waals surface area contributed by atoms with Crippen molar-refractivity contribution in [2.24, 2.45) is 0 Å². The fourth-order valence-corrected chi connectivity index (χ4v) is 1.79. The van der Waals surface area contributed by atoms with Gasteiger partial charge in [-0.3, -0.25) is 4.98 Å². The molecule has 1 heterocycles. The van der Waals surface area contributed by atoms with Crippen molar-refractivity contribution in [3.05, 3.63) is 48.2 Å². The van der Waals surface area contributed by atoms with Crippen LogP contribution in [0.4, 0.5) is 0 Å². The molecule has 1 atom stereocenters. The van der Waals surface area contributed by atoms with Gasteiger partial charge in [-0.25, -0.2) is 0 Å². The van der Waals surface area contributed by atoms with E-state index in [0.29, 0.717) is 6.04 Å². The molecule has 0 spiro atoms. The standard InChI is InChI=1S/C15H18N2O/c1-11(17(2)3)12-4-6-13(7-5-12)15-9-8-14(18)10-16-15/h4-11,18H,1-3H3/t11-/m1/s1. The van der Waals surface area contributed by atoms with E-state index in [9.17, 15) is 5.11 Å². The van der Waals surface area contributed by atoms with Crippen molar-refractivity contribution < 1.29 is 5.11 Å². The highest BCUT2D eigenvalue weighted by molar-refractivity contribution is 5.59. The van der Waals surface area contributed by atoms with Crippen molar-refractivity contribution in [2.45, 2.75) is 13.0 Å². The summed E-state index contributed by atoms with van der Waals surface area (Å²) >= 11 is 0. The largest absolute Gasteiger partial charge is 0.506 e. The van der Waals surface area contributed by atoms with Crippen molar-refractivity contribution in [3.8, 4) is 17.0 Å². The molecular formula is C15H18N2O. The lowest BCUT2D eigenvalue weighted by atomic mass is 10.0. The zero-order chi connectivity index (χ0) is 13.1. The molecular weight excluding hydrogens is 224 g/mol. The molecule has 0 amide bonds. The normalized spacial score (nSPS) is 12.7. The van der Waals surface area contributed by atoms with E-state index in [1.807, 2.05) is 6.07 Å². The highest BCUT2D eigenvalue weighted by atomic mass is 16.3. The Kier molecular flexibility index (Phi) is 3.63. The van der Waals surface area contributed by atoms with Gasteiger partial charge in [0.25, 0.3) is 0 Å². The Balaban J connectivity index is 2.24. The molecule has 1 aromatic heterocycles. The molecule has 0 saturated carbocycles. The van der Waals surface area contributed by atoms with Crippen LogP contribution in [0.15, 0.2) is 42.6 Å². The van der Waals surface area contributed by atoms with Crippen LogP contribution in [0.2, 0.25) is 0 Å². The van der Waals surface area contributed by atoms with Crippen LogP contribution in [0.5, 0.6) is 5.75 Å². The minimum absolute atomic E-state index is 0.191. The maximum absolute atomic E-state index is 9.21. The van der Waals surface area contributed by atoms with Crippen molar-refractivity contribution >= 4 is 0 Å². The average Bonchev–Trinajstić information content (AvgIpc) is 2.39. The van der Waals surface area contributed by atoms with Crippen LogP contribution < -0.4 is 0 Å². The van der Waals surface area contributed by atoms with Crippen LogP contribution in [-0.4, -0.2) is 29.1 Å². The van der Waals surface area contributed by atoms with E-state index in [0.717, 1.165) is 11.3 Å². The molecule has 0 saturated heterocycles. The Bertz CT molecular complexity index is 503. The van der Waals surface area contributed by atoms with E-state index in [-0.39, 0.29) is 5.75 Å². The number of hydrogen-bond donors (Lipinski definition) is 1. The molecule has 3 heteroatoms. The van der Waals surface area contributed by atoms with E-state index < -0.39 is 0 Å². The van der Waals surface area contributed by atoms with E-state index in [4.69, 9.17) is 0 Å². The third-order valence-electron chi connectivity index (χ3n) is 3.21. The highest BCUT2D eigenvalue weighted by Crippen LogP contribution is 2.23. The lowest BCUT2D eigenvalue weighted by molar-refractivity contribution is 0.321. The van der Waals surface area contributed by atoms with Gasteiger partial charge >= 0.3 is 0 Å². The molecule has 0 fully saturated rings. The van der Waals surface area contributed by atoms with E-state index in [2.05, 4.69) is 55.2 Å². The maximum Gasteiger partial charge on any atom is 0.133 e. The Labute approximate surface area is 108 Å². The number of hydrogen-bond acceptors (Lipinski definition) is 3. The van der Waals surface area contributed by atoms with Gasteiger partial charge in [0.2, 0.25) is 0 Å². The lowest BCUT2D eigenvalue weighted by Crippen LogP contribution is -2.16. The van der Waals surface area contributed by atoms with Gasteiger partial charge in [0.15, 0.2) is 0 Å². The van der Waals surface area contributed by atoms with Crippen molar-refractivity contribution in [2.75, 3.05) is 14.1 Å². The summed E-state index contributed by atoms with van der Waals surface area (Å²) in [5.41, 5.74) is 3.21. The van der Waals surface area contributed by atoms with Gasteiger partial charge in [0, 0.05) is 11.6 Å². The number of aromatic nitrogens is 1. The fourth-order valence-electron chi connectivity index (χ4n) is 1.79. The average molecular weight is 242 g/mol. The van der Waals surface area contributed by atoms with Gasteiger partial charge in [-0.1, -0.05) is 24.3 Å². The third kappa shape index (κ3) is 2.68. The fraction of sp³-hybridized carbons (Fsp3) is 0.267. The Morgan fingerprint density at radius 2 is 1.72 bits per heavy atom. The summed E-state index contributed by atoms with van der Waals surface area (Å²) in [7, 11) is 4.14. The zero-order valence-electron chi connectivity index (χ0n) is 11.0. The zero-order valence-corrected chi connectivity index (χ0v) is 11.0. The summed E-state index contributed by atoms with van der Waals surface area (Å²) in [6.07, 6.45) is 1.46. The monoisotopic (exact) mass is 242 g/mol. The van der Waals surface area contributed by atoms with Crippen molar-refractivity contribution in [3.63, 3.8) is 0 Å². The predicted molar refractivity (Wildman–Crippen MR) is 73.4 cm³/mol. The molecule has 0 aliphatic rings. The molecule has 3 nitrogen and oxygen atoms in total. The van der Waals surface area contributed by atoms with Gasteiger partial charge in [-0.15, -0.1) is 0 Å². The first-order valence-electron chi connectivity index (χ1n) is 5.99. The minimum Gasteiger partial charge on any atom is -0.506 e. The Morgan fingerprint density at radius 3 is 2.22 bits per heavy atom. The summed E-state index contributed by atoms with van der Waals surface area (Å²) in [4.78, 5) is 6.37. The van der Waals surface area contributed by atoms with Crippen LogP contribution in [0.3, 0.4) is 0 Å². The second-order valence-corrected chi connectivity index (χ2v) is 4.66. The SMILES string of the molecule is C[C@H](c1ccc(-c2ccc(O)cn2)cc1)N(C)C. The maximum atomic E-state index is 9.21. The summed E-state index contributed by atoms with van der Waals surface area (Å²) < 4.78 is 0. The smallest absolute Gasteiger partial charge is 0.133 e. The van der Waals surface area contributed by atoms with Crippen LogP contribution in [-0.2, 0) is 0 Å². The van der Waals surface area contributed by atoms with Gasteiger partial charge in [-0.05, 0) is 38.7 Å². The van der Waals surface area contributed by atoms with E-state index in [1.165, 1.54) is 11.8 Å². The van der Waals surface area contributed by atoms with Crippen LogP contribution >= 0.6 is 0 Å². The first-order chi connectivity index (χ1) is 8.58. The number of nitrogens with zero attached hydrogens (tertiary/aromatic N) is 2. The molecule has 0 radical (unpaired) electrons. The molecule has 1 aromatic carbocycles. The molecule has 0 aliphatic carbocycles. The summed E-state index contributed by atoms with van der Waals surface area (Å²) in [6.45, 7) is 2.17. The summed E-state index contributed by atoms with van der Waals surface area (Å²) in [5, 5.41) is 9.21. The molecule has 0 bridgehead atoms. The molecule has 0 aliphatic heterocycles. The molecule has 94 valence electrons. The number of pyridine rings is 1. The minimum atomic E-state index is 0.191. The summed E-state index contributed by atoms with van der Waals surface area (Å²) in [5.74, 6) is 0.191. The van der Waals surface area contributed by atoms with Crippen LogP contribution in [0.1, 0.15) is 18.5 Å². The second-order valence-electron chi connectivity index (χ2n) is 4.66. The topological polar surface area (TPSA) is 36.4 Å². The van der Waals surface area contributed by atoms with Crippen molar-refractivity contribution in [1.29, 1.82) is 0 Å². The second kappa shape index (κ2) is 5.19. The lowest BCUT2D eigenvalue weighted by Gasteiger charge is -2.20. The van der Waals surface area contributed by atoms with Crippen molar-refractivity contribution in [1.82, 2.24) is 9.88 Å². The molecule has 1 N–H and O–H groups in total. The Hall–Kier alpha value is -1.87. The number of benzene rings is 1. The quantitative estimate of drug-likeness (QED) is 0.898. The Morgan fingerprint density at radius 1 is 1.06 bits per heavy atom. The summed E-state index contributed by atoms with van der Waals surface area (Å²) in [6, 6.07) is 12.2. The molecule has 0 unspecified atom stereocenters. The van der Waals surface area contributed by atoms with E-state index in [1.54, 1.807) is 6.07 Å². The number of rotatable bonds is 3. The highest BCUT2D eigenvalue weighted by Gasteiger charge is 2.07. The molecule has 2 rings (SSSR count). The van der Waals surface area contributed by atoms with Gasteiger partial charge in [0.1, 0.15) is 5.75 Å². The first kappa shape index (κ1) is 12.6. The third-order valence-corrected chi connectivity index (χ3v) is 3.21. The van der Waals surface area contributed by atoms with Gasteiger partial charge in [0.05, 0.1) is 11.9 Å².